The molecule has 1 aliphatic heterocycles. The minimum Gasteiger partial charge on any atom is -0.497 e. The summed E-state index contributed by atoms with van der Waals surface area (Å²) in [6.45, 7) is 4.31. The summed E-state index contributed by atoms with van der Waals surface area (Å²) in [7, 11) is 1.64. The van der Waals surface area contributed by atoms with Gasteiger partial charge in [0.05, 0.1) is 19.1 Å². The van der Waals surface area contributed by atoms with Crippen molar-refractivity contribution < 1.29 is 14.3 Å². The first-order valence-electron chi connectivity index (χ1n) is 13.4. The molecule has 2 atom stereocenters. The van der Waals surface area contributed by atoms with E-state index in [-0.39, 0.29) is 17.9 Å². The molecular formula is C32H36N2O3. The van der Waals surface area contributed by atoms with Gasteiger partial charge in [-0.05, 0) is 65.8 Å². The lowest BCUT2D eigenvalue weighted by molar-refractivity contribution is -0.119. The zero-order valence-corrected chi connectivity index (χ0v) is 21.9. The van der Waals surface area contributed by atoms with E-state index >= 15 is 0 Å². The average molecular weight is 497 g/mol. The zero-order valence-electron chi connectivity index (χ0n) is 21.9. The second kappa shape index (κ2) is 10.8. The normalized spacial score (nSPS) is 20.0. The molecule has 5 nitrogen and oxygen atoms in total. The Bertz CT molecular complexity index is 1240. The standard InChI is InChI=1S/C32H36N2O3/c1-21(2)22-13-17-24(18-14-22)33-31(35)29-27-11-7-8-12-28(27)32(36)34(25-9-5-4-6-10-25)30(29)23-15-19-26(37-3)20-16-23/h7-8,11-21,25,29-30H,4-6,9-10H2,1-3H3,(H,33,35)/t29-,30+/m1/s1. The molecule has 1 fully saturated rings. The Morgan fingerprint density at radius 2 is 1.59 bits per heavy atom. The van der Waals surface area contributed by atoms with Crippen molar-refractivity contribution in [1.29, 1.82) is 0 Å². The average Bonchev–Trinajstić information content (AvgIpc) is 2.93. The topological polar surface area (TPSA) is 58.6 Å². The van der Waals surface area contributed by atoms with E-state index in [1.165, 1.54) is 12.0 Å². The van der Waals surface area contributed by atoms with E-state index in [0.29, 0.717) is 11.5 Å². The third-order valence-electron chi connectivity index (χ3n) is 7.93. The number of hydrogen-bond acceptors (Lipinski definition) is 3. The highest BCUT2D eigenvalue weighted by Gasteiger charge is 2.46. The highest BCUT2D eigenvalue weighted by atomic mass is 16.5. The minimum atomic E-state index is -0.533. The summed E-state index contributed by atoms with van der Waals surface area (Å²) < 4.78 is 5.40. The molecule has 5 rings (SSSR count). The van der Waals surface area contributed by atoms with Gasteiger partial charge >= 0.3 is 0 Å². The number of ether oxygens (including phenoxy) is 1. The summed E-state index contributed by atoms with van der Waals surface area (Å²) >= 11 is 0. The lowest BCUT2D eigenvalue weighted by Gasteiger charge is -2.46. The number of hydrogen-bond donors (Lipinski definition) is 1. The molecule has 1 heterocycles. The van der Waals surface area contributed by atoms with E-state index in [9.17, 15) is 9.59 Å². The highest BCUT2D eigenvalue weighted by Crippen LogP contribution is 2.46. The van der Waals surface area contributed by atoms with Crippen LogP contribution in [0.1, 0.15) is 90.9 Å². The SMILES string of the molecule is COc1ccc([C@H]2[C@H](C(=O)Nc3ccc(C(C)C)cc3)c3ccccc3C(=O)N2C2CCCCC2)cc1. The first-order chi connectivity index (χ1) is 18.0. The molecule has 2 aliphatic rings. The second-order valence-corrected chi connectivity index (χ2v) is 10.6. The molecular weight excluding hydrogens is 460 g/mol. The Hall–Kier alpha value is -3.60. The molecule has 1 aliphatic carbocycles. The maximum atomic E-state index is 14.1. The fraction of sp³-hybridized carbons (Fsp3) is 0.375. The Morgan fingerprint density at radius 1 is 0.919 bits per heavy atom. The molecule has 0 unspecified atom stereocenters. The highest BCUT2D eigenvalue weighted by molar-refractivity contribution is 6.04. The first kappa shape index (κ1) is 25.1. The Labute approximate surface area is 219 Å². The molecule has 0 aromatic heterocycles. The van der Waals surface area contributed by atoms with Gasteiger partial charge in [0.2, 0.25) is 5.91 Å². The van der Waals surface area contributed by atoms with Crippen LogP contribution in [-0.4, -0.2) is 29.9 Å². The lowest BCUT2D eigenvalue weighted by Crippen LogP contribution is -2.51. The summed E-state index contributed by atoms with van der Waals surface area (Å²) in [6, 6.07) is 23.2. The maximum absolute atomic E-state index is 14.1. The number of nitrogens with zero attached hydrogens (tertiary/aromatic N) is 1. The van der Waals surface area contributed by atoms with Crippen molar-refractivity contribution in [3.05, 3.63) is 95.1 Å². The van der Waals surface area contributed by atoms with E-state index in [1.807, 2.05) is 65.6 Å². The van der Waals surface area contributed by atoms with Crippen LogP contribution in [0.5, 0.6) is 5.75 Å². The smallest absolute Gasteiger partial charge is 0.254 e. The van der Waals surface area contributed by atoms with Crippen LogP contribution in [0.3, 0.4) is 0 Å². The van der Waals surface area contributed by atoms with Crippen LogP contribution in [0.15, 0.2) is 72.8 Å². The molecule has 192 valence electrons. The fourth-order valence-electron chi connectivity index (χ4n) is 5.92. The summed E-state index contributed by atoms with van der Waals surface area (Å²) in [5, 5.41) is 3.18. The third kappa shape index (κ3) is 5.00. The van der Waals surface area contributed by atoms with Gasteiger partial charge in [-0.25, -0.2) is 0 Å². The van der Waals surface area contributed by atoms with Crippen molar-refractivity contribution in [3.63, 3.8) is 0 Å². The zero-order chi connectivity index (χ0) is 25.9. The Morgan fingerprint density at radius 3 is 2.24 bits per heavy atom. The Balaban J connectivity index is 1.59. The van der Waals surface area contributed by atoms with Crippen molar-refractivity contribution >= 4 is 17.5 Å². The summed E-state index contributed by atoms with van der Waals surface area (Å²) in [5.74, 6) is 0.563. The van der Waals surface area contributed by atoms with Gasteiger partial charge < -0.3 is 15.0 Å². The molecule has 0 bridgehead atoms. The lowest BCUT2D eigenvalue weighted by atomic mass is 9.77. The minimum absolute atomic E-state index is 0.0219. The van der Waals surface area contributed by atoms with Gasteiger partial charge in [0.25, 0.3) is 5.91 Å². The number of carbonyl (C=O) groups excluding carboxylic acids is 2. The molecule has 1 N–H and O–H groups in total. The molecule has 0 saturated heterocycles. The number of rotatable bonds is 6. The molecule has 3 aromatic carbocycles. The van der Waals surface area contributed by atoms with Gasteiger partial charge in [0.1, 0.15) is 5.75 Å². The monoisotopic (exact) mass is 496 g/mol. The van der Waals surface area contributed by atoms with Crippen LogP contribution in [0.4, 0.5) is 5.69 Å². The van der Waals surface area contributed by atoms with E-state index in [1.54, 1.807) is 7.11 Å². The van der Waals surface area contributed by atoms with Gasteiger partial charge in [-0.15, -0.1) is 0 Å². The van der Waals surface area contributed by atoms with Crippen LogP contribution < -0.4 is 10.1 Å². The van der Waals surface area contributed by atoms with Gasteiger partial charge in [0.15, 0.2) is 0 Å². The predicted molar refractivity (Wildman–Crippen MR) is 147 cm³/mol. The summed E-state index contributed by atoms with van der Waals surface area (Å²) in [5.41, 5.74) is 4.36. The van der Waals surface area contributed by atoms with Crippen molar-refractivity contribution in [3.8, 4) is 5.75 Å². The van der Waals surface area contributed by atoms with Crippen molar-refractivity contribution in [2.45, 2.75) is 69.9 Å². The number of nitrogens with one attached hydrogen (secondary N) is 1. The second-order valence-electron chi connectivity index (χ2n) is 10.6. The largest absolute Gasteiger partial charge is 0.497 e. The molecule has 1 saturated carbocycles. The molecule has 37 heavy (non-hydrogen) atoms. The predicted octanol–water partition coefficient (Wildman–Crippen LogP) is 7.07. The number of benzene rings is 3. The number of amides is 2. The van der Waals surface area contributed by atoms with Crippen LogP contribution in [0, 0.1) is 0 Å². The number of anilines is 1. The van der Waals surface area contributed by atoms with Gasteiger partial charge in [0, 0.05) is 17.3 Å². The van der Waals surface area contributed by atoms with Crippen LogP contribution in [-0.2, 0) is 4.79 Å². The molecule has 2 amide bonds. The number of fused-ring (bicyclic) bond motifs is 1. The van der Waals surface area contributed by atoms with E-state index in [0.717, 1.165) is 48.2 Å². The van der Waals surface area contributed by atoms with Crippen LogP contribution in [0.2, 0.25) is 0 Å². The van der Waals surface area contributed by atoms with Gasteiger partial charge in [-0.3, -0.25) is 9.59 Å². The van der Waals surface area contributed by atoms with Crippen molar-refractivity contribution in [2.24, 2.45) is 0 Å². The van der Waals surface area contributed by atoms with E-state index < -0.39 is 12.0 Å². The van der Waals surface area contributed by atoms with Crippen molar-refractivity contribution in [2.75, 3.05) is 12.4 Å². The number of carbonyl (C=O) groups is 2. The third-order valence-corrected chi connectivity index (χ3v) is 7.93. The van der Waals surface area contributed by atoms with E-state index in [2.05, 4.69) is 31.3 Å². The number of methoxy groups -OCH3 is 1. The molecule has 0 spiro atoms. The Kier molecular flexibility index (Phi) is 7.31. The summed E-state index contributed by atoms with van der Waals surface area (Å²) in [6.07, 6.45) is 5.32. The van der Waals surface area contributed by atoms with Crippen LogP contribution in [0.25, 0.3) is 0 Å². The molecule has 3 aromatic rings. The van der Waals surface area contributed by atoms with E-state index in [4.69, 9.17) is 4.74 Å². The fourth-order valence-corrected chi connectivity index (χ4v) is 5.92. The molecule has 5 heteroatoms. The van der Waals surface area contributed by atoms with Crippen LogP contribution >= 0.6 is 0 Å². The molecule has 0 radical (unpaired) electrons. The van der Waals surface area contributed by atoms with Crippen molar-refractivity contribution in [1.82, 2.24) is 4.90 Å². The summed E-state index contributed by atoms with van der Waals surface area (Å²) in [4.78, 5) is 30.2. The quantitative estimate of drug-likeness (QED) is 0.397. The maximum Gasteiger partial charge on any atom is 0.254 e. The van der Waals surface area contributed by atoms with Gasteiger partial charge in [-0.2, -0.15) is 0 Å². The first-order valence-corrected chi connectivity index (χ1v) is 13.4. The van der Waals surface area contributed by atoms with Gasteiger partial charge in [-0.1, -0.05) is 75.6 Å².